The molecule has 1 rings (SSSR count). The van der Waals surface area contributed by atoms with Gasteiger partial charge in [0, 0.05) is 19.5 Å². The maximum absolute atomic E-state index is 11.5. The van der Waals surface area contributed by atoms with E-state index in [0.29, 0.717) is 13.0 Å². The van der Waals surface area contributed by atoms with Crippen molar-refractivity contribution in [3.05, 3.63) is 35.4 Å². The number of nitrogens with one attached hydrogen (secondary N) is 2. The quantitative estimate of drug-likeness (QED) is 0.715. The van der Waals surface area contributed by atoms with Gasteiger partial charge in [-0.05, 0) is 24.6 Å². The van der Waals surface area contributed by atoms with Gasteiger partial charge in [-0.15, -0.1) is 0 Å². The van der Waals surface area contributed by atoms with Crippen LogP contribution >= 0.6 is 0 Å². The number of hydrogen-bond acceptors (Lipinski definition) is 2. The SMILES string of the molecule is CCNCCC(=O)NCc1ccccc1C. The number of carbonyl (C=O) groups excluding carboxylic acids is 1. The molecular weight excluding hydrogens is 200 g/mol. The molecule has 0 heterocycles. The Morgan fingerprint density at radius 3 is 2.75 bits per heavy atom. The van der Waals surface area contributed by atoms with Crippen molar-refractivity contribution in [2.45, 2.75) is 26.8 Å². The van der Waals surface area contributed by atoms with Crippen molar-refractivity contribution in [2.75, 3.05) is 13.1 Å². The zero-order valence-electron chi connectivity index (χ0n) is 10.0. The molecule has 0 fully saturated rings. The van der Waals surface area contributed by atoms with Crippen LogP contribution in [-0.2, 0) is 11.3 Å². The second kappa shape index (κ2) is 7.01. The minimum absolute atomic E-state index is 0.101. The van der Waals surface area contributed by atoms with E-state index in [4.69, 9.17) is 0 Å². The van der Waals surface area contributed by atoms with E-state index in [9.17, 15) is 4.79 Å². The van der Waals surface area contributed by atoms with Crippen molar-refractivity contribution in [2.24, 2.45) is 0 Å². The third-order valence-corrected chi connectivity index (χ3v) is 2.52. The van der Waals surface area contributed by atoms with Gasteiger partial charge >= 0.3 is 0 Å². The number of rotatable bonds is 6. The normalized spacial score (nSPS) is 10.1. The Labute approximate surface area is 97.2 Å². The van der Waals surface area contributed by atoms with Gasteiger partial charge in [-0.1, -0.05) is 31.2 Å². The fourth-order valence-corrected chi connectivity index (χ4v) is 1.47. The van der Waals surface area contributed by atoms with Crippen LogP contribution in [0.4, 0.5) is 0 Å². The summed E-state index contributed by atoms with van der Waals surface area (Å²) in [5.74, 6) is 0.101. The Kier molecular flexibility index (Phi) is 5.57. The summed E-state index contributed by atoms with van der Waals surface area (Å²) in [4.78, 5) is 11.5. The minimum atomic E-state index is 0.101. The molecular formula is C13H20N2O. The molecule has 0 radical (unpaired) electrons. The largest absolute Gasteiger partial charge is 0.352 e. The van der Waals surface area contributed by atoms with Gasteiger partial charge in [0.2, 0.25) is 5.91 Å². The summed E-state index contributed by atoms with van der Waals surface area (Å²) in [7, 11) is 0. The molecule has 0 saturated carbocycles. The van der Waals surface area contributed by atoms with E-state index in [1.165, 1.54) is 11.1 Å². The van der Waals surface area contributed by atoms with Crippen molar-refractivity contribution in [3.63, 3.8) is 0 Å². The van der Waals surface area contributed by atoms with Crippen LogP contribution in [0.5, 0.6) is 0 Å². The summed E-state index contributed by atoms with van der Waals surface area (Å²) in [6.07, 6.45) is 0.541. The van der Waals surface area contributed by atoms with E-state index in [0.717, 1.165) is 13.1 Å². The summed E-state index contributed by atoms with van der Waals surface area (Å²) >= 11 is 0. The van der Waals surface area contributed by atoms with Crippen molar-refractivity contribution in [1.82, 2.24) is 10.6 Å². The highest BCUT2D eigenvalue weighted by Crippen LogP contribution is 2.05. The van der Waals surface area contributed by atoms with Gasteiger partial charge in [0.1, 0.15) is 0 Å². The predicted octanol–water partition coefficient (Wildman–Crippen LogP) is 1.61. The van der Waals surface area contributed by atoms with Gasteiger partial charge in [-0.2, -0.15) is 0 Å². The summed E-state index contributed by atoms with van der Waals surface area (Å²) in [6.45, 7) is 6.37. The number of hydrogen-bond donors (Lipinski definition) is 2. The van der Waals surface area contributed by atoms with Crippen molar-refractivity contribution in [1.29, 1.82) is 0 Å². The van der Waals surface area contributed by atoms with Crippen LogP contribution in [0.3, 0.4) is 0 Å². The van der Waals surface area contributed by atoms with Crippen LogP contribution < -0.4 is 10.6 Å². The van der Waals surface area contributed by atoms with Crippen LogP contribution in [0, 0.1) is 6.92 Å². The van der Waals surface area contributed by atoms with Crippen LogP contribution in [0.1, 0.15) is 24.5 Å². The fraction of sp³-hybridized carbons (Fsp3) is 0.462. The second-order valence-corrected chi connectivity index (χ2v) is 3.81. The zero-order valence-corrected chi connectivity index (χ0v) is 10.0. The molecule has 0 aliphatic carbocycles. The topological polar surface area (TPSA) is 41.1 Å². The average Bonchev–Trinajstić information content (AvgIpc) is 2.28. The fourth-order valence-electron chi connectivity index (χ4n) is 1.47. The standard InChI is InChI=1S/C13H20N2O/c1-3-14-9-8-13(16)15-10-12-7-5-4-6-11(12)2/h4-7,14H,3,8-10H2,1-2H3,(H,15,16). The van der Waals surface area contributed by atoms with Crippen LogP contribution in [0.25, 0.3) is 0 Å². The first-order valence-electron chi connectivity index (χ1n) is 5.76. The maximum Gasteiger partial charge on any atom is 0.221 e. The van der Waals surface area contributed by atoms with Crippen LogP contribution in [0.2, 0.25) is 0 Å². The third kappa shape index (κ3) is 4.45. The van der Waals surface area contributed by atoms with E-state index >= 15 is 0 Å². The number of carbonyl (C=O) groups is 1. The first-order valence-corrected chi connectivity index (χ1v) is 5.76. The maximum atomic E-state index is 11.5. The molecule has 0 atom stereocenters. The monoisotopic (exact) mass is 220 g/mol. The van der Waals surface area contributed by atoms with E-state index in [1.807, 2.05) is 25.1 Å². The molecule has 0 aromatic heterocycles. The number of benzene rings is 1. The highest BCUT2D eigenvalue weighted by molar-refractivity contribution is 5.76. The van der Waals surface area contributed by atoms with E-state index in [2.05, 4.69) is 23.6 Å². The Bertz CT molecular complexity index is 336. The Balaban J connectivity index is 2.29. The lowest BCUT2D eigenvalue weighted by molar-refractivity contribution is -0.121. The highest BCUT2D eigenvalue weighted by Gasteiger charge is 2.01. The van der Waals surface area contributed by atoms with Gasteiger partial charge < -0.3 is 10.6 Å². The van der Waals surface area contributed by atoms with Gasteiger partial charge in [-0.25, -0.2) is 0 Å². The minimum Gasteiger partial charge on any atom is -0.352 e. The smallest absolute Gasteiger partial charge is 0.221 e. The van der Waals surface area contributed by atoms with E-state index < -0.39 is 0 Å². The molecule has 88 valence electrons. The number of aryl methyl sites for hydroxylation is 1. The lowest BCUT2D eigenvalue weighted by Gasteiger charge is -2.07. The van der Waals surface area contributed by atoms with Gasteiger partial charge in [0.05, 0.1) is 0 Å². The van der Waals surface area contributed by atoms with Gasteiger partial charge in [0.15, 0.2) is 0 Å². The molecule has 1 amide bonds. The van der Waals surface area contributed by atoms with Crippen molar-refractivity contribution >= 4 is 5.91 Å². The summed E-state index contributed by atoms with van der Waals surface area (Å²) in [5.41, 5.74) is 2.40. The lowest BCUT2D eigenvalue weighted by atomic mass is 10.1. The molecule has 0 spiro atoms. The van der Waals surface area contributed by atoms with E-state index in [1.54, 1.807) is 0 Å². The van der Waals surface area contributed by atoms with E-state index in [-0.39, 0.29) is 5.91 Å². The molecule has 3 nitrogen and oxygen atoms in total. The Hall–Kier alpha value is -1.35. The summed E-state index contributed by atoms with van der Waals surface area (Å²) in [6, 6.07) is 8.10. The molecule has 3 heteroatoms. The van der Waals surface area contributed by atoms with Crippen molar-refractivity contribution < 1.29 is 4.79 Å². The Morgan fingerprint density at radius 1 is 1.31 bits per heavy atom. The first kappa shape index (κ1) is 12.7. The molecule has 0 saturated heterocycles. The Morgan fingerprint density at radius 2 is 2.06 bits per heavy atom. The van der Waals surface area contributed by atoms with Crippen LogP contribution in [-0.4, -0.2) is 19.0 Å². The average molecular weight is 220 g/mol. The predicted molar refractivity (Wildman–Crippen MR) is 66.2 cm³/mol. The first-order chi connectivity index (χ1) is 7.74. The molecule has 0 aliphatic heterocycles. The molecule has 1 aromatic carbocycles. The second-order valence-electron chi connectivity index (χ2n) is 3.81. The molecule has 0 bridgehead atoms. The van der Waals surface area contributed by atoms with Gasteiger partial charge in [0.25, 0.3) is 0 Å². The van der Waals surface area contributed by atoms with Gasteiger partial charge in [-0.3, -0.25) is 4.79 Å². The van der Waals surface area contributed by atoms with Crippen LogP contribution in [0.15, 0.2) is 24.3 Å². The highest BCUT2D eigenvalue weighted by atomic mass is 16.1. The summed E-state index contributed by atoms with van der Waals surface area (Å²) in [5, 5.41) is 6.05. The summed E-state index contributed by atoms with van der Waals surface area (Å²) < 4.78 is 0. The molecule has 16 heavy (non-hydrogen) atoms. The lowest BCUT2D eigenvalue weighted by Crippen LogP contribution is -2.27. The molecule has 1 aromatic rings. The molecule has 2 N–H and O–H groups in total. The van der Waals surface area contributed by atoms with Crippen molar-refractivity contribution in [3.8, 4) is 0 Å². The molecule has 0 aliphatic rings. The zero-order chi connectivity index (χ0) is 11.8. The molecule has 0 unspecified atom stereocenters. The number of amides is 1. The third-order valence-electron chi connectivity index (χ3n) is 2.52.